The minimum atomic E-state index is 0. The Hall–Kier alpha value is -2.04. The molecular formula is C18H22ClN3O. The second-order valence-electron chi connectivity index (χ2n) is 5.59. The van der Waals surface area contributed by atoms with Crippen LogP contribution < -0.4 is 15.5 Å². The molecule has 23 heavy (non-hydrogen) atoms. The topological polar surface area (TPSA) is 44.4 Å². The summed E-state index contributed by atoms with van der Waals surface area (Å²) in [6.07, 6.45) is 0. The summed E-state index contributed by atoms with van der Waals surface area (Å²) in [5, 5.41) is 6.40. The first-order valence-corrected chi connectivity index (χ1v) is 7.63. The highest BCUT2D eigenvalue weighted by Crippen LogP contribution is 2.22. The van der Waals surface area contributed by atoms with Crippen molar-refractivity contribution in [2.75, 3.05) is 29.9 Å². The fourth-order valence-corrected chi connectivity index (χ4v) is 2.77. The Kier molecular flexibility index (Phi) is 6.02. The van der Waals surface area contributed by atoms with E-state index < -0.39 is 0 Å². The van der Waals surface area contributed by atoms with Crippen LogP contribution in [0.2, 0.25) is 0 Å². The number of fused-ring (bicyclic) bond motifs is 1. The molecule has 1 amide bonds. The van der Waals surface area contributed by atoms with Crippen molar-refractivity contribution in [1.82, 2.24) is 5.32 Å². The molecule has 5 heteroatoms. The lowest BCUT2D eigenvalue weighted by molar-refractivity contribution is -0.115. The van der Waals surface area contributed by atoms with Gasteiger partial charge in [-0.2, -0.15) is 0 Å². The lowest BCUT2D eigenvalue weighted by atomic mass is 10.1. The number of nitrogens with zero attached hydrogens (tertiary/aromatic N) is 1. The van der Waals surface area contributed by atoms with E-state index in [1.54, 1.807) is 0 Å². The number of rotatable bonds is 3. The van der Waals surface area contributed by atoms with Gasteiger partial charge in [0.15, 0.2) is 0 Å². The molecule has 1 aliphatic rings. The van der Waals surface area contributed by atoms with E-state index in [-0.39, 0.29) is 18.3 Å². The van der Waals surface area contributed by atoms with E-state index in [1.807, 2.05) is 43.3 Å². The lowest BCUT2D eigenvalue weighted by Gasteiger charge is -2.24. The van der Waals surface area contributed by atoms with Gasteiger partial charge in [0.25, 0.3) is 0 Å². The maximum absolute atomic E-state index is 12.4. The number of carbonyl (C=O) groups is 1. The molecule has 1 heterocycles. The summed E-state index contributed by atoms with van der Waals surface area (Å²) in [4.78, 5) is 14.5. The van der Waals surface area contributed by atoms with Gasteiger partial charge in [-0.25, -0.2) is 0 Å². The minimum absolute atomic E-state index is 0. The van der Waals surface area contributed by atoms with Crippen molar-refractivity contribution in [2.45, 2.75) is 13.5 Å². The third-order valence-electron chi connectivity index (χ3n) is 3.96. The number of hydrogen-bond acceptors (Lipinski definition) is 3. The predicted molar refractivity (Wildman–Crippen MR) is 97.4 cm³/mol. The third kappa shape index (κ3) is 4.24. The molecule has 4 nitrogen and oxygen atoms in total. The van der Waals surface area contributed by atoms with Crippen LogP contribution in [0, 0.1) is 6.92 Å². The SMILES string of the molecule is Cc1ccccc1NC(=O)CN1CCNCc2ccccc21.Cl. The van der Waals surface area contributed by atoms with E-state index in [4.69, 9.17) is 0 Å². The highest BCUT2D eigenvalue weighted by atomic mass is 35.5. The Morgan fingerprint density at radius 2 is 1.91 bits per heavy atom. The summed E-state index contributed by atoms with van der Waals surface area (Å²) in [5.41, 5.74) is 4.35. The second kappa shape index (κ2) is 7.99. The molecule has 0 fully saturated rings. The number of carbonyl (C=O) groups excluding carboxylic acids is 1. The summed E-state index contributed by atoms with van der Waals surface area (Å²) in [5.74, 6) is 0.0194. The molecular weight excluding hydrogens is 310 g/mol. The van der Waals surface area contributed by atoms with E-state index in [0.29, 0.717) is 6.54 Å². The largest absolute Gasteiger partial charge is 0.361 e. The Bertz CT molecular complexity index is 675. The predicted octanol–water partition coefficient (Wildman–Crippen LogP) is 2.97. The molecule has 0 bridgehead atoms. The van der Waals surface area contributed by atoms with Crippen LogP contribution in [-0.2, 0) is 11.3 Å². The number of para-hydroxylation sites is 2. The van der Waals surface area contributed by atoms with Crippen LogP contribution in [0.4, 0.5) is 11.4 Å². The molecule has 0 unspecified atom stereocenters. The first-order valence-electron chi connectivity index (χ1n) is 7.63. The monoisotopic (exact) mass is 331 g/mol. The maximum atomic E-state index is 12.4. The highest BCUT2D eigenvalue weighted by molar-refractivity contribution is 5.94. The minimum Gasteiger partial charge on any atom is -0.361 e. The zero-order valence-corrected chi connectivity index (χ0v) is 14.0. The molecule has 2 aromatic rings. The van der Waals surface area contributed by atoms with Crippen molar-refractivity contribution in [3.8, 4) is 0 Å². The molecule has 0 aliphatic carbocycles. The standard InChI is InChI=1S/C18H21N3O.ClH/c1-14-6-2-4-8-16(14)20-18(22)13-21-11-10-19-12-15-7-3-5-9-17(15)21;/h2-9,19H,10-13H2,1H3,(H,20,22);1H. The quantitative estimate of drug-likeness (QED) is 0.909. The van der Waals surface area contributed by atoms with Crippen LogP contribution in [0.15, 0.2) is 48.5 Å². The molecule has 1 aliphatic heterocycles. The average Bonchev–Trinajstić information content (AvgIpc) is 2.72. The van der Waals surface area contributed by atoms with Crippen LogP contribution in [0.1, 0.15) is 11.1 Å². The van der Waals surface area contributed by atoms with Crippen molar-refractivity contribution in [3.05, 3.63) is 59.7 Å². The van der Waals surface area contributed by atoms with E-state index in [2.05, 4.69) is 27.7 Å². The zero-order valence-electron chi connectivity index (χ0n) is 13.2. The van der Waals surface area contributed by atoms with Gasteiger partial charge in [0, 0.05) is 31.0 Å². The molecule has 0 saturated heterocycles. The number of anilines is 2. The first-order chi connectivity index (χ1) is 10.7. The normalized spacial score (nSPS) is 13.5. The molecule has 0 aromatic heterocycles. The smallest absolute Gasteiger partial charge is 0.243 e. The van der Waals surface area contributed by atoms with Gasteiger partial charge in [0.1, 0.15) is 0 Å². The maximum Gasteiger partial charge on any atom is 0.243 e. The van der Waals surface area contributed by atoms with Gasteiger partial charge in [0.05, 0.1) is 6.54 Å². The van der Waals surface area contributed by atoms with Gasteiger partial charge in [-0.15, -0.1) is 12.4 Å². The molecule has 2 aromatic carbocycles. The van der Waals surface area contributed by atoms with Gasteiger partial charge in [0.2, 0.25) is 5.91 Å². The first kappa shape index (κ1) is 17.3. The zero-order chi connectivity index (χ0) is 15.4. The molecule has 3 rings (SSSR count). The fourth-order valence-electron chi connectivity index (χ4n) is 2.77. The molecule has 0 saturated carbocycles. The Morgan fingerprint density at radius 3 is 2.74 bits per heavy atom. The van der Waals surface area contributed by atoms with Crippen molar-refractivity contribution in [1.29, 1.82) is 0 Å². The third-order valence-corrected chi connectivity index (χ3v) is 3.96. The molecule has 2 N–H and O–H groups in total. The number of hydrogen-bond donors (Lipinski definition) is 2. The Morgan fingerprint density at radius 1 is 1.17 bits per heavy atom. The van der Waals surface area contributed by atoms with Gasteiger partial charge < -0.3 is 15.5 Å². The van der Waals surface area contributed by atoms with Crippen molar-refractivity contribution < 1.29 is 4.79 Å². The molecule has 0 spiro atoms. The van der Waals surface area contributed by atoms with Crippen molar-refractivity contribution >= 4 is 29.7 Å². The Labute approximate surface area is 143 Å². The second-order valence-corrected chi connectivity index (χ2v) is 5.59. The highest BCUT2D eigenvalue weighted by Gasteiger charge is 2.17. The summed E-state index contributed by atoms with van der Waals surface area (Å²) >= 11 is 0. The van der Waals surface area contributed by atoms with E-state index in [9.17, 15) is 4.79 Å². The number of amides is 1. The van der Waals surface area contributed by atoms with Crippen molar-refractivity contribution in [2.24, 2.45) is 0 Å². The molecule has 122 valence electrons. The van der Waals surface area contributed by atoms with Crippen LogP contribution in [0.3, 0.4) is 0 Å². The van der Waals surface area contributed by atoms with E-state index in [1.165, 1.54) is 5.56 Å². The van der Waals surface area contributed by atoms with E-state index >= 15 is 0 Å². The van der Waals surface area contributed by atoms with E-state index in [0.717, 1.165) is 36.6 Å². The lowest BCUT2D eigenvalue weighted by Crippen LogP contribution is -2.36. The van der Waals surface area contributed by atoms with Gasteiger partial charge in [-0.3, -0.25) is 4.79 Å². The van der Waals surface area contributed by atoms with Crippen LogP contribution in [0.25, 0.3) is 0 Å². The van der Waals surface area contributed by atoms with Crippen LogP contribution in [0.5, 0.6) is 0 Å². The molecule has 0 atom stereocenters. The van der Waals surface area contributed by atoms with Gasteiger partial charge in [-0.1, -0.05) is 36.4 Å². The van der Waals surface area contributed by atoms with Gasteiger partial charge >= 0.3 is 0 Å². The Balaban J connectivity index is 0.00000192. The fraction of sp³-hybridized carbons (Fsp3) is 0.278. The number of nitrogens with one attached hydrogen (secondary N) is 2. The summed E-state index contributed by atoms with van der Waals surface area (Å²) in [6, 6.07) is 16.1. The molecule has 0 radical (unpaired) electrons. The number of halogens is 1. The van der Waals surface area contributed by atoms with Crippen molar-refractivity contribution in [3.63, 3.8) is 0 Å². The summed E-state index contributed by atoms with van der Waals surface area (Å²) < 4.78 is 0. The summed E-state index contributed by atoms with van der Waals surface area (Å²) in [6.45, 7) is 4.93. The van der Waals surface area contributed by atoms with Crippen LogP contribution >= 0.6 is 12.4 Å². The summed E-state index contributed by atoms with van der Waals surface area (Å²) in [7, 11) is 0. The number of aryl methyl sites for hydroxylation is 1. The van der Waals surface area contributed by atoms with Crippen LogP contribution in [-0.4, -0.2) is 25.5 Å². The number of benzene rings is 2. The van der Waals surface area contributed by atoms with Gasteiger partial charge in [-0.05, 0) is 30.2 Å². The average molecular weight is 332 g/mol.